The molecule has 5 nitrogen and oxygen atoms in total. The van der Waals surface area contributed by atoms with Crippen molar-refractivity contribution in [3.63, 3.8) is 0 Å². The molecule has 0 radical (unpaired) electrons. The number of carbonyl (C=O) groups is 1. The second kappa shape index (κ2) is 7.99. The maximum absolute atomic E-state index is 11.5. The van der Waals surface area contributed by atoms with Crippen LogP contribution in [0.1, 0.15) is 25.0 Å². The van der Waals surface area contributed by atoms with Gasteiger partial charge in [0.25, 0.3) is 0 Å². The van der Waals surface area contributed by atoms with Crippen molar-refractivity contribution >= 4 is 5.91 Å². The van der Waals surface area contributed by atoms with Gasteiger partial charge in [-0.15, -0.1) is 0 Å². The van der Waals surface area contributed by atoms with Crippen LogP contribution in [0, 0.1) is 0 Å². The lowest BCUT2D eigenvalue weighted by Gasteiger charge is -2.18. The molecule has 0 aliphatic carbocycles. The number of rotatable bonds is 8. The number of nitrogens with one attached hydrogen (secondary N) is 1. The fourth-order valence-electron chi connectivity index (χ4n) is 1.59. The molecule has 1 aromatic carbocycles. The van der Waals surface area contributed by atoms with Crippen LogP contribution >= 0.6 is 0 Å². The van der Waals surface area contributed by atoms with E-state index in [1.165, 1.54) is 0 Å². The van der Waals surface area contributed by atoms with Crippen LogP contribution in [0.4, 0.5) is 0 Å². The quantitative estimate of drug-likeness (QED) is 0.702. The second-order valence-corrected chi connectivity index (χ2v) is 5.08. The van der Waals surface area contributed by atoms with Crippen LogP contribution in [-0.2, 0) is 26.4 Å². The molecular formula is C15H23NO4. The van der Waals surface area contributed by atoms with Gasteiger partial charge in [-0.2, -0.15) is 0 Å². The highest BCUT2D eigenvalue weighted by Gasteiger charge is 2.15. The SMILES string of the molecule is COCCOCC(=O)NCc1ccc(C(C)(C)O)cc1. The van der Waals surface area contributed by atoms with Crippen molar-refractivity contribution in [1.29, 1.82) is 0 Å². The number of aliphatic hydroxyl groups is 1. The molecule has 1 aromatic rings. The molecule has 1 rings (SSSR count). The second-order valence-electron chi connectivity index (χ2n) is 5.08. The van der Waals surface area contributed by atoms with Crippen LogP contribution in [0.15, 0.2) is 24.3 Å². The van der Waals surface area contributed by atoms with Crippen molar-refractivity contribution in [2.75, 3.05) is 26.9 Å². The first kappa shape index (κ1) is 16.6. The molecule has 2 N–H and O–H groups in total. The molecule has 0 spiro atoms. The molecule has 0 bridgehead atoms. The molecule has 1 amide bonds. The highest BCUT2D eigenvalue weighted by Crippen LogP contribution is 2.19. The number of hydrogen-bond donors (Lipinski definition) is 2. The smallest absolute Gasteiger partial charge is 0.246 e. The minimum Gasteiger partial charge on any atom is -0.386 e. The van der Waals surface area contributed by atoms with Gasteiger partial charge in [-0.25, -0.2) is 0 Å². The lowest BCUT2D eigenvalue weighted by Crippen LogP contribution is -2.27. The Hall–Kier alpha value is -1.43. The Bertz CT molecular complexity index is 409. The number of benzene rings is 1. The summed E-state index contributed by atoms with van der Waals surface area (Å²) in [7, 11) is 1.58. The highest BCUT2D eigenvalue weighted by molar-refractivity contribution is 5.77. The zero-order chi connectivity index (χ0) is 15.0. The normalized spacial score (nSPS) is 11.4. The Morgan fingerprint density at radius 2 is 1.90 bits per heavy atom. The van der Waals surface area contributed by atoms with E-state index in [4.69, 9.17) is 9.47 Å². The van der Waals surface area contributed by atoms with E-state index < -0.39 is 5.60 Å². The first-order valence-electron chi connectivity index (χ1n) is 6.58. The van der Waals surface area contributed by atoms with Gasteiger partial charge in [-0.05, 0) is 25.0 Å². The maximum atomic E-state index is 11.5. The summed E-state index contributed by atoms with van der Waals surface area (Å²) in [6, 6.07) is 7.49. The Labute approximate surface area is 119 Å². The summed E-state index contributed by atoms with van der Waals surface area (Å²) in [6.45, 7) is 4.84. The molecule has 0 aliphatic rings. The monoisotopic (exact) mass is 281 g/mol. The lowest BCUT2D eigenvalue weighted by molar-refractivity contribution is -0.126. The van der Waals surface area contributed by atoms with E-state index in [0.717, 1.165) is 11.1 Å². The molecule has 0 heterocycles. The molecule has 0 aliphatic heterocycles. The van der Waals surface area contributed by atoms with Gasteiger partial charge < -0.3 is 19.9 Å². The van der Waals surface area contributed by atoms with E-state index in [0.29, 0.717) is 19.8 Å². The van der Waals surface area contributed by atoms with Crippen LogP contribution in [0.25, 0.3) is 0 Å². The lowest BCUT2D eigenvalue weighted by atomic mass is 9.97. The van der Waals surface area contributed by atoms with Gasteiger partial charge in [0.2, 0.25) is 5.91 Å². The Kier molecular flexibility index (Phi) is 6.64. The molecule has 5 heteroatoms. The van der Waals surface area contributed by atoms with Crippen molar-refractivity contribution in [2.24, 2.45) is 0 Å². The van der Waals surface area contributed by atoms with Crippen molar-refractivity contribution in [2.45, 2.75) is 26.0 Å². The van der Waals surface area contributed by atoms with E-state index in [1.54, 1.807) is 21.0 Å². The third-order valence-electron chi connectivity index (χ3n) is 2.82. The number of ether oxygens (including phenoxy) is 2. The molecule has 0 atom stereocenters. The van der Waals surface area contributed by atoms with Crippen LogP contribution in [0.3, 0.4) is 0 Å². The van der Waals surface area contributed by atoms with Crippen molar-refractivity contribution in [1.82, 2.24) is 5.32 Å². The number of methoxy groups -OCH3 is 1. The fourth-order valence-corrected chi connectivity index (χ4v) is 1.59. The average molecular weight is 281 g/mol. The van der Waals surface area contributed by atoms with Crippen LogP contribution < -0.4 is 5.32 Å². The molecular weight excluding hydrogens is 258 g/mol. The Morgan fingerprint density at radius 3 is 2.45 bits per heavy atom. The topological polar surface area (TPSA) is 67.8 Å². The van der Waals surface area contributed by atoms with Gasteiger partial charge in [0.15, 0.2) is 0 Å². The predicted molar refractivity (Wildman–Crippen MR) is 76.2 cm³/mol. The summed E-state index contributed by atoms with van der Waals surface area (Å²) in [6.07, 6.45) is 0. The number of amides is 1. The minimum absolute atomic E-state index is 0.0329. The molecule has 0 saturated heterocycles. The van der Waals surface area contributed by atoms with Crippen LogP contribution in [0.2, 0.25) is 0 Å². The zero-order valence-corrected chi connectivity index (χ0v) is 12.3. The standard InChI is InChI=1S/C15H23NO4/c1-15(2,18)13-6-4-12(5-7-13)10-16-14(17)11-20-9-8-19-3/h4-7,18H,8-11H2,1-3H3,(H,16,17). The van der Waals surface area contributed by atoms with Crippen molar-refractivity contribution in [3.8, 4) is 0 Å². The van der Waals surface area contributed by atoms with Gasteiger partial charge in [0.1, 0.15) is 6.61 Å². The summed E-state index contributed by atoms with van der Waals surface area (Å²) < 4.78 is 9.93. The third-order valence-corrected chi connectivity index (χ3v) is 2.82. The molecule has 0 aromatic heterocycles. The fraction of sp³-hybridized carbons (Fsp3) is 0.533. The Balaban J connectivity index is 2.33. The zero-order valence-electron chi connectivity index (χ0n) is 12.3. The largest absolute Gasteiger partial charge is 0.386 e. The molecule has 0 saturated carbocycles. The summed E-state index contributed by atoms with van der Waals surface area (Å²) in [4.78, 5) is 11.5. The van der Waals surface area contributed by atoms with E-state index in [9.17, 15) is 9.90 Å². The first-order chi connectivity index (χ1) is 9.43. The van der Waals surface area contributed by atoms with E-state index in [2.05, 4.69) is 5.32 Å². The van der Waals surface area contributed by atoms with Gasteiger partial charge in [-0.3, -0.25) is 4.79 Å². The van der Waals surface area contributed by atoms with E-state index in [1.807, 2.05) is 24.3 Å². The summed E-state index contributed by atoms with van der Waals surface area (Å²) >= 11 is 0. The molecule has 0 unspecified atom stereocenters. The van der Waals surface area contributed by atoms with Gasteiger partial charge >= 0.3 is 0 Å². The molecule has 112 valence electrons. The maximum Gasteiger partial charge on any atom is 0.246 e. The predicted octanol–water partition coefficient (Wildman–Crippen LogP) is 1.19. The molecule has 0 fully saturated rings. The van der Waals surface area contributed by atoms with Gasteiger partial charge in [0.05, 0.1) is 18.8 Å². The van der Waals surface area contributed by atoms with Crippen molar-refractivity contribution in [3.05, 3.63) is 35.4 Å². The van der Waals surface area contributed by atoms with Gasteiger partial charge in [-0.1, -0.05) is 24.3 Å². The van der Waals surface area contributed by atoms with Crippen molar-refractivity contribution < 1.29 is 19.4 Å². The summed E-state index contributed by atoms with van der Waals surface area (Å²) in [5.41, 5.74) is 0.968. The van der Waals surface area contributed by atoms with E-state index in [-0.39, 0.29) is 12.5 Å². The summed E-state index contributed by atoms with van der Waals surface area (Å²) in [5.74, 6) is -0.160. The first-order valence-corrected chi connectivity index (χ1v) is 6.58. The molecule has 20 heavy (non-hydrogen) atoms. The summed E-state index contributed by atoms with van der Waals surface area (Å²) in [5, 5.41) is 12.6. The number of hydrogen-bond acceptors (Lipinski definition) is 4. The Morgan fingerprint density at radius 1 is 1.25 bits per heavy atom. The minimum atomic E-state index is -0.850. The van der Waals surface area contributed by atoms with Gasteiger partial charge in [0, 0.05) is 13.7 Å². The van der Waals surface area contributed by atoms with Crippen LogP contribution in [-0.4, -0.2) is 37.9 Å². The van der Waals surface area contributed by atoms with Crippen LogP contribution in [0.5, 0.6) is 0 Å². The average Bonchev–Trinajstić information content (AvgIpc) is 2.41. The third kappa shape index (κ3) is 6.14. The highest BCUT2D eigenvalue weighted by atomic mass is 16.5. The number of carbonyl (C=O) groups excluding carboxylic acids is 1. The van der Waals surface area contributed by atoms with E-state index >= 15 is 0 Å².